The summed E-state index contributed by atoms with van der Waals surface area (Å²) < 4.78 is 46.1. The second-order valence-corrected chi connectivity index (χ2v) is 8.97. The third kappa shape index (κ3) is 4.70. The monoisotopic (exact) mass is 420 g/mol. The van der Waals surface area contributed by atoms with Gasteiger partial charge in [-0.3, -0.25) is 9.10 Å². The zero-order valence-corrected chi connectivity index (χ0v) is 17.4. The molecule has 3 rings (SSSR count). The van der Waals surface area contributed by atoms with Crippen LogP contribution in [0.5, 0.6) is 5.75 Å². The summed E-state index contributed by atoms with van der Waals surface area (Å²) in [5, 5.41) is 0. The highest BCUT2D eigenvalue weighted by atomic mass is 32.2. The van der Waals surface area contributed by atoms with Crippen molar-refractivity contribution < 1.29 is 22.3 Å². The van der Waals surface area contributed by atoms with Crippen LogP contribution in [0.1, 0.15) is 25.7 Å². The van der Waals surface area contributed by atoms with Gasteiger partial charge in [0.2, 0.25) is 5.91 Å². The molecule has 0 atom stereocenters. The van der Waals surface area contributed by atoms with Crippen molar-refractivity contribution in [2.45, 2.75) is 36.6 Å². The summed E-state index contributed by atoms with van der Waals surface area (Å²) in [4.78, 5) is 14.5. The first-order valence-corrected chi connectivity index (χ1v) is 10.9. The molecular formula is C21H25FN2O4S. The maximum absolute atomic E-state index is 13.4. The standard InChI is InChI=1S/C21H25FN2O4S/c1-23(17-5-3-4-6-17)21(25)15-24(18-9-7-16(22)8-10-18)29(26,27)20-13-11-19(28-2)12-14-20/h7-14,17H,3-6,15H2,1-2H3. The summed E-state index contributed by atoms with van der Waals surface area (Å²) in [5.41, 5.74) is 0.232. The molecule has 0 heterocycles. The van der Waals surface area contributed by atoms with E-state index in [2.05, 4.69) is 0 Å². The number of sulfonamides is 1. The third-order valence-electron chi connectivity index (χ3n) is 5.31. The summed E-state index contributed by atoms with van der Waals surface area (Å²) in [6.07, 6.45) is 3.97. The van der Waals surface area contributed by atoms with Crippen LogP contribution in [0.15, 0.2) is 53.4 Å². The molecule has 1 amide bonds. The topological polar surface area (TPSA) is 66.9 Å². The predicted molar refractivity (Wildman–Crippen MR) is 109 cm³/mol. The van der Waals surface area contributed by atoms with Gasteiger partial charge in [0, 0.05) is 13.1 Å². The quantitative estimate of drug-likeness (QED) is 0.688. The van der Waals surface area contributed by atoms with E-state index in [0.29, 0.717) is 5.75 Å². The van der Waals surface area contributed by atoms with Crippen LogP contribution >= 0.6 is 0 Å². The van der Waals surface area contributed by atoms with Gasteiger partial charge in [-0.15, -0.1) is 0 Å². The highest BCUT2D eigenvalue weighted by Gasteiger charge is 2.31. The molecule has 1 aliphatic rings. The first-order valence-electron chi connectivity index (χ1n) is 9.51. The van der Waals surface area contributed by atoms with Crippen molar-refractivity contribution in [2.24, 2.45) is 0 Å². The van der Waals surface area contributed by atoms with Crippen LogP contribution in [-0.4, -0.2) is 46.0 Å². The molecule has 1 saturated carbocycles. The normalized spacial score (nSPS) is 14.6. The van der Waals surface area contributed by atoms with Gasteiger partial charge in [0.1, 0.15) is 18.1 Å². The van der Waals surface area contributed by atoms with Crippen molar-refractivity contribution >= 4 is 21.6 Å². The molecule has 1 fully saturated rings. The van der Waals surface area contributed by atoms with Crippen molar-refractivity contribution in [3.8, 4) is 5.75 Å². The number of nitrogens with zero attached hydrogens (tertiary/aromatic N) is 2. The molecule has 2 aromatic carbocycles. The summed E-state index contributed by atoms with van der Waals surface area (Å²) in [7, 11) is -0.835. The highest BCUT2D eigenvalue weighted by molar-refractivity contribution is 7.92. The Kier molecular flexibility index (Phi) is 6.42. The Morgan fingerprint density at radius 3 is 2.21 bits per heavy atom. The second-order valence-electron chi connectivity index (χ2n) is 7.11. The van der Waals surface area contributed by atoms with Gasteiger partial charge >= 0.3 is 0 Å². The van der Waals surface area contributed by atoms with E-state index in [9.17, 15) is 17.6 Å². The number of halogens is 1. The molecule has 0 spiro atoms. The Balaban J connectivity index is 1.93. The average Bonchev–Trinajstić information content (AvgIpc) is 3.27. The molecule has 0 aliphatic heterocycles. The van der Waals surface area contributed by atoms with E-state index in [1.807, 2.05) is 0 Å². The summed E-state index contributed by atoms with van der Waals surface area (Å²) in [6, 6.07) is 11.1. The van der Waals surface area contributed by atoms with Gasteiger partial charge in [-0.2, -0.15) is 0 Å². The maximum atomic E-state index is 13.4. The number of carbonyl (C=O) groups excluding carboxylic acids is 1. The zero-order chi connectivity index (χ0) is 21.0. The number of likely N-dealkylation sites (N-methyl/N-ethyl adjacent to an activating group) is 1. The van der Waals surface area contributed by atoms with E-state index < -0.39 is 15.8 Å². The Hall–Kier alpha value is -2.61. The summed E-state index contributed by atoms with van der Waals surface area (Å²) in [6.45, 7) is -0.354. The minimum Gasteiger partial charge on any atom is -0.497 e. The average molecular weight is 421 g/mol. The molecule has 2 aromatic rings. The molecule has 8 heteroatoms. The number of benzene rings is 2. The van der Waals surface area contributed by atoms with Crippen molar-refractivity contribution in [3.05, 3.63) is 54.3 Å². The Morgan fingerprint density at radius 1 is 1.07 bits per heavy atom. The van der Waals surface area contributed by atoms with Gasteiger partial charge in [-0.25, -0.2) is 12.8 Å². The lowest BCUT2D eigenvalue weighted by Crippen LogP contribution is -2.44. The number of ether oxygens (including phenoxy) is 1. The van der Waals surface area contributed by atoms with Crippen LogP contribution in [0, 0.1) is 5.82 Å². The van der Waals surface area contributed by atoms with Gasteiger partial charge in [0.05, 0.1) is 17.7 Å². The molecule has 0 bridgehead atoms. The first-order chi connectivity index (χ1) is 13.8. The molecule has 0 N–H and O–H groups in total. The van der Waals surface area contributed by atoms with E-state index in [1.165, 1.54) is 43.5 Å². The van der Waals surface area contributed by atoms with Gasteiger partial charge in [-0.05, 0) is 61.4 Å². The first kappa shape index (κ1) is 21.1. The number of rotatable bonds is 7. The van der Waals surface area contributed by atoms with Gasteiger partial charge in [-0.1, -0.05) is 12.8 Å². The number of amides is 1. The SMILES string of the molecule is COc1ccc(S(=O)(=O)N(CC(=O)N(C)C2CCCC2)c2ccc(F)cc2)cc1. The number of methoxy groups -OCH3 is 1. The lowest BCUT2D eigenvalue weighted by atomic mass is 10.2. The fraction of sp³-hybridized carbons (Fsp3) is 0.381. The Labute approximate surface area is 170 Å². The van der Waals surface area contributed by atoms with Crippen LogP contribution < -0.4 is 9.04 Å². The number of carbonyl (C=O) groups is 1. The van der Waals surface area contributed by atoms with Crippen molar-refractivity contribution in [1.29, 1.82) is 0 Å². The summed E-state index contributed by atoms with van der Waals surface area (Å²) >= 11 is 0. The van der Waals surface area contributed by atoms with E-state index in [-0.39, 0.29) is 29.1 Å². The van der Waals surface area contributed by atoms with Crippen LogP contribution in [-0.2, 0) is 14.8 Å². The van der Waals surface area contributed by atoms with E-state index in [4.69, 9.17) is 4.74 Å². The van der Waals surface area contributed by atoms with Gasteiger partial charge in [0.25, 0.3) is 10.0 Å². The van der Waals surface area contributed by atoms with E-state index in [0.717, 1.165) is 30.0 Å². The molecule has 0 aromatic heterocycles. The molecule has 1 aliphatic carbocycles. The predicted octanol–water partition coefficient (Wildman–Crippen LogP) is 3.43. The number of hydrogen-bond donors (Lipinski definition) is 0. The minimum atomic E-state index is -4.04. The maximum Gasteiger partial charge on any atom is 0.264 e. The third-order valence-corrected chi connectivity index (χ3v) is 7.09. The Bertz CT molecular complexity index is 940. The largest absolute Gasteiger partial charge is 0.497 e. The number of hydrogen-bond acceptors (Lipinski definition) is 4. The van der Waals surface area contributed by atoms with Gasteiger partial charge < -0.3 is 9.64 Å². The van der Waals surface area contributed by atoms with Gasteiger partial charge in [0.15, 0.2) is 0 Å². The molecular weight excluding hydrogens is 395 g/mol. The lowest BCUT2D eigenvalue weighted by Gasteiger charge is -2.29. The van der Waals surface area contributed by atoms with E-state index >= 15 is 0 Å². The van der Waals surface area contributed by atoms with E-state index in [1.54, 1.807) is 24.1 Å². The molecule has 156 valence electrons. The fourth-order valence-corrected chi connectivity index (χ4v) is 4.94. The zero-order valence-electron chi connectivity index (χ0n) is 16.5. The van der Waals surface area contributed by atoms with Crippen molar-refractivity contribution in [2.75, 3.05) is 25.0 Å². The number of anilines is 1. The summed E-state index contributed by atoms with van der Waals surface area (Å²) in [5.74, 6) is -0.252. The molecule has 29 heavy (non-hydrogen) atoms. The van der Waals surface area contributed by atoms with Crippen LogP contribution in [0.4, 0.5) is 10.1 Å². The van der Waals surface area contributed by atoms with Crippen LogP contribution in [0.3, 0.4) is 0 Å². The van der Waals surface area contributed by atoms with Crippen LogP contribution in [0.25, 0.3) is 0 Å². The van der Waals surface area contributed by atoms with Crippen molar-refractivity contribution in [3.63, 3.8) is 0 Å². The molecule has 6 nitrogen and oxygen atoms in total. The lowest BCUT2D eigenvalue weighted by molar-refractivity contribution is -0.130. The second kappa shape index (κ2) is 8.82. The highest BCUT2D eigenvalue weighted by Crippen LogP contribution is 2.27. The van der Waals surface area contributed by atoms with Crippen molar-refractivity contribution in [1.82, 2.24) is 4.90 Å². The smallest absolute Gasteiger partial charge is 0.264 e. The fourth-order valence-electron chi connectivity index (χ4n) is 3.53. The molecule has 0 unspecified atom stereocenters. The molecule has 0 saturated heterocycles. The Morgan fingerprint density at radius 2 is 1.66 bits per heavy atom. The minimum absolute atomic E-state index is 0.0268. The van der Waals surface area contributed by atoms with Crippen LogP contribution in [0.2, 0.25) is 0 Å². The molecule has 0 radical (unpaired) electrons.